The molecule has 2 atom stereocenters. The number of aliphatic hydroxyl groups excluding tert-OH is 1. The summed E-state index contributed by atoms with van der Waals surface area (Å²) in [5.74, 6) is 1.67. The number of halogens is 1. The van der Waals surface area contributed by atoms with E-state index in [0.717, 1.165) is 18.8 Å². The average molecular weight is 287 g/mol. The minimum Gasteiger partial charge on any atom is -0.394 e. The first-order chi connectivity index (χ1) is 7.65. The second-order valence-corrected chi connectivity index (χ2v) is 4.90. The number of hydrogen-bond acceptors (Lipinski definition) is 5. The van der Waals surface area contributed by atoms with Crippen molar-refractivity contribution in [2.24, 2.45) is 5.92 Å². The Morgan fingerprint density at radius 2 is 2.38 bits per heavy atom. The monoisotopic (exact) mass is 286 g/mol. The van der Waals surface area contributed by atoms with Gasteiger partial charge >= 0.3 is 0 Å². The molecule has 0 aromatic carbocycles. The summed E-state index contributed by atoms with van der Waals surface area (Å²) in [7, 11) is 0. The maximum Gasteiger partial charge on any atom is 0.148 e. The van der Waals surface area contributed by atoms with Gasteiger partial charge in [0, 0.05) is 6.54 Å². The summed E-state index contributed by atoms with van der Waals surface area (Å²) >= 11 is 3.39. The minimum atomic E-state index is 0.116. The Kier molecular flexibility index (Phi) is 3.30. The van der Waals surface area contributed by atoms with Crippen molar-refractivity contribution in [3.8, 4) is 0 Å². The molecular formula is C10H15BrN4O. The lowest BCUT2D eigenvalue weighted by Crippen LogP contribution is -2.36. The van der Waals surface area contributed by atoms with E-state index in [-0.39, 0.29) is 12.6 Å². The predicted octanol–water partition coefficient (Wildman–Crippen LogP) is 1.03. The van der Waals surface area contributed by atoms with Gasteiger partial charge in [-0.1, -0.05) is 6.92 Å². The van der Waals surface area contributed by atoms with E-state index >= 15 is 0 Å². The lowest BCUT2D eigenvalue weighted by Gasteiger charge is -2.27. The number of nitrogens with zero attached hydrogens (tertiary/aromatic N) is 3. The van der Waals surface area contributed by atoms with Crippen molar-refractivity contribution < 1.29 is 5.11 Å². The fraction of sp³-hybridized carbons (Fsp3) is 0.600. The number of aromatic nitrogens is 2. The molecule has 0 spiro atoms. The first-order valence-corrected chi connectivity index (χ1v) is 6.08. The molecule has 0 radical (unpaired) electrons. The molecule has 16 heavy (non-hydrogen) atoms. The van der Waals surface area contributed by atoms with Gasteiger partial charge in [0.15, 0.2) is 0 Å². The van der Waals surface area contributed by atoms with E-state index in [1.54, 1.807) is 0 Å². The molecule has 2 heterocycles. The number of aliphatic hydroxyl groups is 1. The van der Waals surface area contributed by atoms with Crippen LogP contribution >= 0.6 is 15.9 Å². The van der Waals surface area contributed by atoms with Gasteiger partial charge < -0.3 is 15.7 Å². The Hall–Kier alpha value is -0.880. The fourth-order valence-electron chi connectivity index (χ4n) is 2.12. The molecule has 1 aliphatic rings. The van der Waals surface area contributed by atoms with Crippen LogP contribution in [0.4, 0.5) is 11.6 Å². The third-order valence-corrected chi connectivity index (χ3v) is 3.90. The van der Waals surface area contributed by atoms with Gasteiger partial charge in [-0.05, 0) is 28.3 Å². The third-order valence-electron chi connectivity index (χ3n) is 3.14. The van der Waals surface area contributed by atoms with Crippen LogP contribution in [0.1, 0.15) is 13.3 Å². The second kappa shape index (κ2) is 4.55. The topological polar surface area (TPSA) is 75.3 Å². The van der Waals surface area contributed by atoms with Crippen molar-refractivity contribution in [2.75, 3.05) is 23.8 Å². The number of nitrogen functional groups attached to an aromatic ring is 1. The average Bonchev–Trinajstić information content (AvgIpc) is 2.63. The van der Waals surface area contributed by atoms with Crippen LogP contribution in [0.5, 0.6) is 0 Å². The highest BCUT2D eigenvalue weighted by atomic mass is 79.9. The zero-order chi connectivity index (χ0) is 11.7. The van der Waals surface area contributed by atoms with Gasteiger partial charge in [0.05, 0.1) is 12.6 Å². The van der Waals surface area contributed by atoms with Crippen LogP contribution in [-0.4, -0.2) is 34.3 Å². The summed E-state index contributed by atoms with van der Waals surface area (Å²) in [5, 5.41) is 9.40. The van der Waals surface area contributed by atoms with Crippen molar-refractivity contribution in [1.29, 1.82) is 0 Å². The van der Waals surface area contributed by atoms with E-state index in [0.29, 0.717) is 16.2 Å². The molecule has 88 valence electrons. The van der Waals surface area contributed by atoms with Crippen LogP contribution in [0, 0.1) is 5.92 Å². The van der Waals surface area contributed by atoms with Crippen molar-refractivity contribution in [1.82, 2.24) is 9.97 Å². The van der Waals surface area contributed by atoms with Crippen molar-refractivity contribution >= 4 is 27.6 Å². The Morgan fingerprint density at radius 1 is 1.62 bits per heavy atom. The van der Waals surface area contributed by atoms with Crippen molar-refractivity contribution in [2.45, 2.75) is 19.4 Å². The fourth-order valence-corrected chi connectivity index (χ4v) is 2.56. The summed E-state index contributed by atoms with van der Waals surface area (Å²) in [6.07, 6.45) is 2.51. The summed E-state index contributed by atoms with van der Waals surface area (Å²) < 4.78 is 0.711. The molecule has 0 saturated carbocycles. The predicted molar refractivity (Wildman–Crippen MR) is 66.1 cm³/mol. The standard InChI is InChI=1S/C10H15BrN4O/c1-6-2-3-15(7(6)4-16)10-8(11)9(12)13-5-14-10/h5-7,16H,2-4H2,1H3,(H2,12,13,14). The first-order valence-electron chi connectivity index (χ1n) is 5.28. The van der Waals surface area contributed by atoms with E-state index in [9.17, 15) is 5.11 Å². The molecule has 1 aromatic rings. The van der Waals surface area contributed by atoms with Gasteiger partial charge in [0.2, 0.25) is 0 Å². The van der Waals surface area contributed by atoms with E-state index in [2.05, 4.69) is 37.7 Å². The van der Waals surface area contributed by atoms with Gasteiger partial charge in [-0.2, -0.15) is 0 Å². The van der Waals surface area contributed by atoms with Crippen LogP contribution in [0.15, 0.2) is 10.8 Å². The summed E-state index contributed by atoms with van der Waals surface area (Å²) in [4.78, 5) is 10.2. The van der Waals surface area contributed by atoms with E-state index in [4.69, 9.17) is 5.73 Å². The summed E-state index contributed by atoms with van der Waals surface area (Å²) in [6, 6.07) is 0.116. The Balaban J connectivity index is 2.34. The molecule has 1 aromatic heterocycles. The number of rotatable bonds is 2. The molecule has 2 unspecified atom stereocenters. The van der Waals surface area contributed by atoms with Gasteiger partial charge in [-0.15, -0.1) is 0 Å². The van der Waals surface area contributed by atoms with E-state index in [1.165, 1.54) is 6.33 Å². The van der Waals surface area contributed by atoms with Crippen molar-refractivity contribution in [3.05, 3.63) is 10.8 Å². The number of nitrogens with two attached hydrogens (primary N) is 1. The molecule has 0 aliphatic carbocycles. The third kappa shape index (κ3) is 1.87. The highest BCUT2D eigenvalue weighted by Crippen LogP contribution is 2.34. The van der Waals surface area contributed by atoms with Crippen molar-refractivity contribution in [3.63, 3.8) is 0 Å². The number of hydrogen-bond donors (Lipinski definition) is 2. The highest BCUT2D eigenvalue weighted by Gasteiger charge is 2.32. The van der Waals surface area contributed by atoms with Gasteiger partial charge in [0.1, 0.15) is 22.4 Å². The Labute approximate surface area is 103 Å². The maximum absolute atomic E-state index is 9.40. The molecule has 3 N–H and O–H groups in total. The molecule has 1 saturated heterocycles. The lowest BCUT2D eigenvalue weighted by atomic mass is 10.0. The van der Waals surface area contributed by atoms with E-state index in [1.807, 2.05) is 0 Å². The lowest BCUT2D eigenvalue weighted by molar-refractivity contribution is 0.244. The molecule has 6 heteroatoms. The molecule has 1 aliphatic heterocycles. The first kappa shape index (κ1) is 11.6. The molecule has 5 nitrogen and oxygen atoms in total. The normalized spacial score (nSPS) is 25.1. The quantitative estimate of drug-likeness (QED) is 0.849. The Morgan fingerprint density at radius 3 is 3.06 bits per heavy atom. The Bertz CT molecular complexity index is 387. The smallest absolute Gasteiger partial charge is 0.148 e. The van der Waals surface area contributed by atoms with E-state index < -0.39 is 0 Å². The van der Waals surface area contributed by atoms with Crippen LogP contribution in [0.2, 0.25) is 0 Å². The molecule has 2 rings (SSSR count). The summed E-state index contributed by atoms with van der Waals surface area (Å²) in [5.41, 5.74) is 5.72. The molecular weight excluding hydrogens is 272 g/mol. The molecule has 0 bridgehead atoms. The second-order valence-electron chi connectivity index (χ2n) is 4.11. The molecule has 1 fully saturated rings. The van der Waals surface area contributed by atoms with Crippen LogP contribution < -0.4 is 10.6 Å². The van der Waals surface area contributed by atoms with Gasteiger partial charge in [-0.25, -0.2) is 9.97 Å². The van der Waals surface area contributed by atoms with Crippen LogP contribution in [0.3, 0.4) is 0 Å². The van der Waals surface area contributed by atoms with Crippen LogP contribution in [0.25, 0.3) is 0 Å². The summed E-state index contributed by atoms with van der Waals surface area (Å²) in [6.45, 7) is 3.16. The largest absolute Gasteiger partial charge is 0.394 e. The van der Waals surface area contributed by atoms with Gasteiger partial charge in [0.25, 0.3) is 0 Å². The molecule has 0 amide bonds. The maximum atomic E-state index is 9.40. The zero-order valence-corrected chi connectivity index (χ0v) is 10.7. The van der Waals surface area contributed by atoms with Crippen LogP contribution in [-0.2, 0) is 0 Å². The van der Waals surface area contributed by atoms with Gasteiger partial charge in [-0.3, -0.25) is 0 Å². The number of anilines is 2. The highest BCUT2D eigenvalue weighted by molar-refractivity contribution is 9.10. The SMILES string of the molecule is CC1CCN(c2ncnc(N)c2Br)C1CO. The minimum absolute atomic E-state index is 0.116. The zero-order valence-electron chi connectivity index (χ0n) is 9.10.